The molecule has 1 aliphatic heterocycles. The Balaban J connectivity index is 2.76. The van der Waals surface area contributed by atoms with Crippen molar-refractivity contribution in [1.82, 2.24) is 0 Å². The monoisotopic (exact) mass is 394 g/mol. The minimum atomic E-state index is -1.79. The first-order valence-corrected chi connectivity index (χ1v) is 14.0. The summed E-state index contributed by atoms with van der Waals surface area (Å²) in [6.07, 6.45) is 0. The van der Waals surface area contributed by atoms with E-state index in [0.717, 1.165) is 28.6 Å². The SMILES string of the molecule is COC(=C1SCCS1)/C(=C(/O[Si](C)(C)C)c1ccccc1)C(C)(C)C. The lowest BCUT2D eigenvalue weighted by Crippen LogP contribution is -2.27. The molecular formula is C20H30O2S2Si. The van der Waals surface area contributed by atoms with Crippen molar-refractivity contribution >= 4 is 37.6 Å². The van der Waals surface area contributed by atoms with Crippen LogP contribution in [0.25, 0.3) is 5.76 Å². The maximum absolute atomic E-state index is 6.64. The zero-order chi connectivity index (χ0) is 18.7. The van der Waals surface area contributed by atoms with Crippen molar-refractivity contribution in [1.29, 1.82) is 0 Å². The largest absolute Gasteiger partial charge is 0.544 e. The van der Waals surface area contributed by atoms with Crippen molar-refractivity contribution in [2.75, 3.05) is 18.6 Å². The molecule has 0 spiro atoms. The lowest BCUT2D eigenvalue weighted by molar-refractivity contribution is 0.280. The minimum absolute atomic E-state index is 0.0904. The van der Waals surface area contributed by atoms with Crippen molar-refractivity contribution < 1.29 is 9.16 Å². The molecule has 1 heterocycles. The Hall–Kier alpha value is -0.783. The summed E-state index contributed by atoms with van der Waals surface area (Å²) in [5, 5.41) is 0. The topological polar surface area (TPSA) is 18.5 Å². The summed E-state index contributed by atoms with van der Waals surface area (Å²) in [6.45, 7) is 13.4. The van der Waals surface area contributed by atoms with Crippen molar-refractivity contribution in [3.8, 4) is 0 Å². The maximum atomic E-state index is 6.64. The van der Waals surface area contributed by atoms with E-state index in [1.54, 1.807) is 7.11 Å². The first-order chi connectivity index (χ1) is 11.6. The summed E-state index contributed by atoms with van der Waals surface area (Å²) in [5.41, 5.74) is 2.20. The summed E-state index contributed by atoms with van der Waals surface area (Å²) in [5.74, 6) is 4.24. The van der Waals surface area contributed by atoms with Gasteiger partial charge in [0.15, 0.2) is 0 Å². The van der Waals surface area contributed by atoms with E-state index in [9.17, 15) is 0 Å². The Morgan fingerprint density at radius 1 is 1.00 bits per heavy atom. The molecule has 0 aliphatic carbocycles. The number of ether oxygens (including phenoxy) is 1. The fraction of sp³-hybridized carbons (Fsp3) is 0.500. The molecule has 0 atom stereocenters. The normalized spacial score (nSPS) is 16.5. The van der Waals surface area contributed by atoms with E-state index < -0.39 is 8.32 Å². The van der Waals surface area contributed by atoms with Crippen LogP contribution in [0, 0.1) is 5.41 Å². The van der Waals surface area contributed by atoms with Gasteiger partial charge in [-0.2, -0.15) is 0 Å². The Labute approximate surface area is 162 Å². The quantitative estimate of drug-likeness (QED) is 0.414. The molecule has 2 nitrogen and oxygen atoms in total. The minimum Gasteiger partial charge on any atom is -0.544 e. The molecule has 0 bridgehead atoms. The van der Waals surface area contributed by atoms with Gasteiger partial charge in [-0.15, -0.1) is 23.5 Å². The molecule has 0 aromatic heterocycles. The zero-order valence-corrected chi connectivity index (χ0v) is 19.1. The molecule has 5 heteroatoms. The number of benzene rings is 1. The smallest absolute Gasteiger partial charge is 0.242 e. The Bertz CT molecular complexity index is 645. The third-order valence-electron chi connectivity index (χ3n) is 3.59. The zero-order valence-electron chi connectivity index (χ0n) is 16.4. The molecule has 1 saturated heterocycles. The molecular weight excluding hydrogens is 364 g/mol. The van der Waals surface area contributed by atoms with Crippen molar-refractivity contribution in [3.05, 3.63) is 51.5 Å². The van der Waals surface area contributed by atoms with Crippen LogP contribution >= 0.6 is 23.5 Å². The van der Waals surface area contributed by atoms with Crippen LogP contribution in [0.1, 0.15) is 26.3 Å². The van der Waals surface area contributed by atoms with Gasteiger partial charge in [0.25, 0.3) is 0 Å². The highest BCUT2D eigenvalue weighted by atomic mass is 32.2. The third-order valence-corrected chi connectivity index (χ3v) is 7.08. The summed E-state index contributed by atoms with van der Waals surface area (Å²) < 4.78 is 13.9. The third kappa shape index (κ3) is 5.60. The van der Waals surface area contributed by atoms with Crippen molar-refractivity contribution in [2.24, 2.45) is 5.41 Å². The van der Waals surface area contributed by atoms with Gasteiger partial charge in [0, 0.05) is 22.6 Å². The van der Waals surface area contributed by atoms with E-state index >= 15 is 0 Å². The van der Waals surface area contributed by atoms with Crippen LogP contribution in [0.5, 0.6) is 0 Å². The summed E-state index contributed by atoms with van der Waals surface area (Å²) in [6, 6.07) is 10.5. The molecule has 0 amide bonds. The Kier molecular flexibility index (Phi) is 6.79. The molecule has 1 aliphatic rings. The fourth-order valence-corrected chi connectivity index (χ4v) is 6.00. The average Bonchev–Trinajstić information content (AvgIpc) is 3.03. The van der Waals surface area contributed by atoms with Gasteiger partial charge >= 0.3 is 0 Å². The number of rotatable bonds is 5. The molecule has 1 aromatic carbocycles. The van der Waals surface area contributed by atoms with Crippen molar-refractivity contribution in [3.63, 3.8) is 0 Å². The van der Waals surface area contributed by atoms with Gasteiger partial charge in [0.1, 0.15) is 11.5 Å². The summed E-state index contributed by atoms with van der Waals surface area (Å²) in [4.78, 5) is 0. The Morgan fingerprint density at radius 2 is 1.56 bits per heavy atom. The van der Waals surface area contributed by atoms with E-state index in [2.05, 4.69) is 64.7 Å². The van der Waals surface area contributed by atoms with Crippen LogP contribution in [0.15, 0.2) is 45.9 Å². The van der Waals surface area contributed by atoms with E-state index in [0.29, 0.717) is 0 Å². The van der Waals surface area contributed by atoms with E-state index in [-0.39, 0.29) is 5.41 Å². The molecule has 1 fully saturated rings. The first kappa shape index (κ1) is 20.5. The average molecular weight is 395 g/mol. The lowest BCUT2D eigenvalue weighted by atomic mass is 9.83. The summed E-state index contributed by atoms with van der Waals surface area (Å²) >= 11 is 3.78. The van der Waals surface area contributed by atoms with Crippen LogP contribution in [-0.4, -0.2) is 26.9 Å². The maximum Gasteiger partial charge on any atom is 0.242 e. The van der Waals surface area contributed by atoms with Gasteiger partial charge in [-0.1, -0.05) is 51.1 Å². The number of allylic oxidation sites excluding steroid dienone is 1. The van der Waals surface area contributed by atoms with Gasteiger partial charge < -0.3 is 9.16 Å². The second-order valence-electron chi connectivity index (χ2n) is 8.05. The molecule has 25 heavy (non-hydrogen) atoms. The van der Waals surface area contributed by atoms with Gasteiger partial charge in [-0.25, -0.2) is 0 Å². The van der Waals surface area contributed by atoms with E-state index in [4.69, 9.17) is 9.16 Å². The van der Waals surface area contributed by atoms with Crippen LogP contribution in [0.3, 0.4) is 0 Å². The highest BCUT2D eigenvalue weighted by Crippen LogP contribution is 2.47. The molecule has 2 rings (SSSR count). The van der Waals surface area contributed by atoms with Crippen LogP contribution in [0.4, 0.5) is 0 Å². The number of thioether (sulfide) groups is 2. The van der Waals surface area contributed by atoms with Crippen LogP contribution < -0.4 is 0 Å². The van der Waals surface area contributed by atoms with Crippen molar-refractivity contribution in [2.45, 2.75) is 40.4 Å². The molecule has 0 unspecified atom stereocenters. The predicted octanol–water partition coefficient (Wildman–Crippen LogP) is 6.59. The molecule has 0 N–H and O–H groups in total. The second kappa shape index (κ2) is 8.27. The molecule has 0 saturated carbocycles. The van der Waals surface area contributed by atoms with Gasteiger partial charge in [0.2, 0.25) is 8.32 Å². The summed E-state index contributed by atoms with van der Waals surface area (Å²) in [7, 11) is -0.0100. The Morgan fingerprint density at radius 3 is 2.00 bits per heavy atom. The predicted molar refractivity (Wildman–Crippen MR) is 116 cm³/mol. The van der Waals surface area contributed by atoms with Gasteiger partial charge in [-0.05, 0) is 25.1 Å². The highest BCUT2D eigenvalue weighted by Gasteiger charge is 2.33. The number of methoxy groups -OCH3 is 1. The fourth-order valence-electron chi connectivity index (χ4n) is 2.66. The van der Waals surface area contributed by atoms with Gasteiger partial charge in [-0.3, -0.25) is 0 Å². The highest BCUT2D eigenvalue weighted by molar-refractivity contribution is 8.25. The number of hydrogen-bond donors (Lipinski definition) is 0. The number of hydrogen-bond acceptors (Lipinski definition) is 4. The van der Waals surface area contributed by atoms with E-state index in [1.807, 2.05) is 29.6 Å². The first-order valence-electron chi connectivity index (χ1n) is 8.67. The molecule has 1 aromatic rings. The lowest BCUT2D eigenvalue weighted by Gasteiger charge is -2.32. The van der Waals surface area contributed by atoms with Crippen LogP contribution in [0.2, 0.25) is 19.6 Å². The van der Waals surface area contributed by atoms with Crippen LogP contribution in [-0.2, 0) is 9.16 Å². The molecule has 0 radical (unpaired) electrons. The second-order valence-corrected chi connectivity index (χ2v) is 14.9. The van der Waals surface area contributed by atoms with E-state index in [1.165, 1.54) is 9.81 Å². The standard InChI is InChI=1S/C20H30O2S2Si/c1-20(2,3)16(18(21-4)19-23-13-14-24-19)17(22-25(5,6)7)15-11-9-8-10-12-15/h8-12H,13-14H2,1-7H3/b17-16-. The van der Waals surface area contributed by atoms with Gasteiger partial charge in [0.05, 0.1) is 11.3 Å². The molecule has 138 valence electrons.